The van der Waals surface area contributed by atoms with Crippen LogP contribution >= 0.6 is 0 Å². The molecule has 0 spiro atoms. The number of nitrogens with zero attached hydrogens (tertiary/aromatic N) is 4. The van der Waals surface area contributed by atoms with Crippen molar-refractivity contribution in [1.82, 2.24) is 20.0 Å². The average molecular weight is 447 g/mol. The number of amides is 1. The molecule has 2 aromatic carbocycles. The standard InChI is InChI=1S/C24H26N6O3/c1-5-14(2)27-24(31)19-20-23(29-17-11-7-6-10-16(17)28-20)30(22(19)25)26-13-15-9-8-12-18(32-3)21(15)33-4/h6-14H,5,25H2,1-4H3,(H,27,31)/b26-13-/t14-/m0/s1. The van der Waals surface area contributed by atoms with Crippen molar-refractivity contribution in [2.75, 3.05) is 20.0 Å². The zero-order chi connectivity index (χ0) is 23.5. The third kappa shape index (κ3) is 4.05. The van der Waals surface area contributed by atoms with Gasteiger partial charge in [-0.1, -0.05) is 25.1 Å². The molecule has 0 saturated carbocycles. The van der Waals surface area contributed by atoms with Crippen LogP contribution in [0.15, 0.2) is 47.6 Å². The Morgan fingerprint density at radius 1 is 1.15 bits per heavy atom. The summed E-state index contributed by atoms with van der Waals surface area (Å²) < 4.78 is 12.3. The number of carbonyl (C=O) groups excluding carboxylic acids is 1. The number of hydrogen-bond acceptors (Lipinski definition) is 7. The molecule has 0 unspecified atom stereocenters. The van der Waals surface area contributed by atoms with E-state index in [1.807, 2.05) is 50.2 Å². The number of rotatable bonds is 7. The highest BCUT2D eigenvalue weighted by Gasteiger charge is 2.24. The molecule has 2 heterocycles. The Balaban J connectivity index is 1.91. The maximum absolute atomic E-state index is 13.1. The monoisotopic (exact) mass is 446 g/mol. The number of para-hydroxylation sites is 3. The Bertz CT molecular complexity index is 1360. The van der Waals surface area contributed by atoms with E-state index in [1.54, 1.807) is 26.5 Å². The Morgan fingerprint density at radius 2 is 1.88 bits per heavy atom. The molecule has 0 saturated heterocycles. The normalized spacial score (nSPS) is 12.4. The van der Waals surface area contributed by atoms with Gasteiger partial charge in [-0.15, -0.1) is 0 Å². The lowest BCUT2D eigenvalue weighted by molar-refractivity contribution is 0.0941. The first-order valence-corrected chi connectivity index (χ1v) is 10.6. The molecule has 4 rings (SSSR count). The number of benzene rings is 2. The zero-order valence-electron chi connectivity index (χ0n) is 19.0. The summed E-state index contributed by atoms with van der Waals surface area (Å²) in [6.45, 7) is 3.93. The first kappa shape index (κ1) is 22.1. The van der Waals surface area contributed by atoms with E-state index in [2.05, 4.69) is 15.4 Å². The quantitative estimate of drug-likeness (QED) is 0.419. The molecule has 9 heteroatoms. The van der Waals surface area contributed by atoms with E-state index in [-0.39, 0.29) is 23.3 Å². The first-order valence-electron chi connectivity index (χ1n) is 10.6. The minimum absolute atomic E-state index is 0.0201. The molecule has 0 aliphatic carbocycles. The number of aromatic nitrogens is 3. The molecule has 4 aromatic rings. The highest BCUT2D eigenvalue weighted by atomic mass is 16.5. The van der Waals surface area contributed by atoms with Crippen molar-refractivity contribution in [3.8, 4) is 11.5 Å². The summed E-state index contributed by atoms with van der Waals surface area (Å²) in [6, 6.07) is 12.9. The van der Waals surface area contributed by atoms with Crippen LogP contribution in [-0.2, 0) is 0 Å². The van der Waals surface area contributed by atoms with E-state index in [0.29, 0.717) is 39.3 Å². The average Bonchev–Trinajstić information content (AvgIpc) is 3.10. The molecule has 0 aliphatic rings. The minimum atomic E-state index is -0.315. The molecule has 2 aromatic heterocycles. The molecule has 0 aliphatic heterocycles. The van der Waals surface area contributed by atoms with Crippen LogP contribution in [0.3, 0.4) is 0 Å². The SMILES string of the molecule is CC[C@H](C)NC(=O)c1c(N)n(/N=C\c2cccc(OC)c2OC)c2nc3ccccc3nc12. The summed E-state index contributed by atoms with van der Waals surface area (Å²) in [7, 11) is 3.13. The largest absolute Gasteiger partial charge is 0.493 e. The molecule has 170 valence electrons. The predicted octanol–water partition coefficient (Wildman–Crippen LogP) is 3.59. The van der Waals surface area contributed by atoms with E-state index in [9.17, 15) is 4.79 Å². The molecule has 3 N–H and O–H groups in total. The smallest absolute Gasteiger partial charge is 0.257 e. The van der Waals surface area contributed by atoms with Crippen LogP contribution in [0, 0.1) is 0 Å². The molecule has 1 amide bonds. The molecule has 1 atom stereocenters. The van der Waals surface area contributed by atoms with Crippen LogP contribution in [0.2, 0.25) is 0 Å². The van der Waals surface area contributed by atoms with Gasteiger partial charge in [-0.25, -0.2) is 9.97 Å². The predicted molar refractivity (Wildman–Crippen MR) is 129 cm³/mol. The Kier molecular flexibility index (Phi) is 6.12. The molecule has 0 bridgehead atoms. The van der Waals surface area contributed by atoms with Gasteiger partial charge in [0, 0.05) is 11.6 Å². The summed E-state index contributed by atoms with van der Waals surface area (Å²) in [6.07, 6.45) is 2.37. The molecule has 0 fully saturated rings. The molecular weight excluding hydrogens is 420 g/mol. The number of nitrogens with two attached hydrogens (primary N) is 1. The molecule has 33 heavy (non-hydrogen) atoms. The van der Waals surface area contributed by atoms with Crippen molar-refractivity contribution >= 4 is 40.1 Å². The summed E-state index contributed by atoms with van der Waals surface area (Å²) in [5.74, 6) is 0.944. The van der Waals surface area contributed by atoms with Crippen molar-refractivity contribution < 1.29 is 14.3 Å². The third-order valence-corrected chi connectivity index (χ3v) is 5.44. The minimum Gasteiger partial charge on any atom is -0.493 e. The fourth-order valence-corrected chi connectivity index (χ4v) is 3.52. The van der Waals surface area contributed by atoms with Gasteiger partial charge in [-0.05, 0) is 37.6 Å². The van der Waals surface area contributed by atoms with Gasteiger partial charge in [0.25, 0.3) is 5.91 Å². The van der Waals surface area contributed by atoms with Gasteiger partial charge in [0.1, 0.15) is 16.9 Å². The lowest BCUT2D eigenvalue weighted by atomic mass is 10.2. The summed E-state index contributed by atoms with van der Waals surface area (Å²) in [5.41, 5.74) is 9.48. The Labute approximate surface area is 191 Å². The van der Waals surface area contributed by atoms with Crippen molar-refractivity contribution in [3.63, 3.8) is 0 Å². The number of anilines is 1. The highest BCUT2D eigenvalue weighted by molar-refractivity contribution is 6.10. The van der Waals surface area contributed by atoms with E-state index in [1.165, 1.54) is 4.68 Å². The van der Waals surface area contributed by atoms with Gasteiger partial charge in [-0.3, -0.25) is 4.79 Å². The van der Waals surface area contributed by atoms with Gasteiger partial charge in [0.2, 0.25) is 0 Å². The van der Waals surface area contributed by atoms with Gasteiger partial charge >= 0.3 is 0 Å². The highest BCUT2D eigenvalue weighted by Crippen LogP contribution is 2.31. The lowest BCUT2D eigenvalue weighted by Crippen LogP contribution is -2.32. The van der Waals surface area contributed by atoms with Crippen LogP contribution < -0.4 is 20.5 Å². The van der Waals surface area contributed by atoms with Crippen LogP contribution in [0.5, 0.6) is 11.5 Å². The summed E-state index contributed by atoms with van der Waals surface area (Å²) in [4.78, 5) is 22.5. The Morgan fingerprint density at radius 3 is 2.55 bits per heavy atom. The van der Waals surface area contributed by atoms with E-state index in [0.717, 1.165) is 6.42 Å². The van der Waals surface area contributed by atoms with Crippen LogP contribution in [0.1, 0.15) is 36.2 Å². The molecule has 0 radical (unpaired) electrons. The van der Waals surface area contributed by atoms with E-state index >= 15 is 0 Å². The van der Waals surface area contributed by atoms with Crippen LogP contribution in [0.4, 0.5) is 5.82 Å². The lowest BCUT2D eigenvalue weighted by Gasteiger charge is -2.11. The van der Waals surface area contributed by atoms with E-state index in [4.69, 9.17) is 20.2 Å². The topological polar surface area (TPSA) is 117 Å². The van der Waals surface area contributed by atoms with Crippen molar-refractivity contribution in [2.45, 2.75) is 26.3 Å². The van der Waals surface area contributed by atoms with Crippen molar-refractivity contribution in [1.29, 1.82) is 0 Å². The summed E-state index contributed by atoms with van der Waals surface area (Å²) in [5, 5.41) is 7.50. The van der Waals surface area contributed by atoms with Crippen molar-refractivity contribution in [2.24, 2.45) is 5.10 Å². The molecule has 9 nitrogen and oxygen atoms in total. The van der Waals surface area contributed by atoms with E-state index < -0.39 is 0 Å². The number of nitrogen functional groups attached to an aromatic ring is 1. The van der Waals surface area contributed by atoms with Crippen molar-refractivity contribution in [3.05, 3.63) is 53.6 Å². The fraction of sp³-hybridized carbons (Fsp3) is 0.250. The number of methoxy groups -OCH3 is 2. The second kappa shape index (κ2) is 9.15. The second-order valence-corrected chi connectivity index (χ2v) is 7.57. The molecular formula is C24H26N6O3. The van der Waals surface area contributed by atoms with Gasteiger partial charge in [0.05, 0.1) is 31.5 Å². The van der Waals surface area contributed by atoms with Crippen LogP contribution in [-0.4, -0.2) is 47.0 Å². The van der Waals surface area contributed by atoms with Crippen LogP contribution in [0.25, 0.3) is 22.2 Å². The second-order valence-electron chi connectivity index (χ2n) is 7.57. The number of hydrogen-bond donors (Lipinski definition) is 2. The van der Waals surface area contributed by atoms with Gasteiger partial charge in [-0.2, -0.15) is 9.78 Å². The third-order valence-electron chi connectivity index (χ3n) is 5.44. The maximum Gasteiger partial charge on any atom is 0.257 e. The first-order chi connectivity index (χ1) is 16.0. The number of ether oxygens (including phenoxy) is 2. The summed E-state index contributed by atoms with van der Waals surface area (Å²) >= 11 is 0. The number of nitrogens with one attached hydrogen (secondary N) is 1. The maximum atomic E-state index is 13.1. The zero-order valence-corrected chi connectivity index (χ0v) is 19.0. The van der Waals surface area contributed by atoms with Gasteiger partial charge < -0.3 is 20.5 Å². The fourth-order valence-electron chi connectivity index (χ4n) is 3.52. The number of fused-ring (bicyclic) bond motifs is 2. The number of carbonyl (C=O) groups is 1. The van der Waals surface area contributed by atoms with Gasteiger partial charge in [0.15, 0.2) is 17.1 Å². The Hall–Kier alpha value is -4.14.